The summed E-state index contributed by atoms with van der Waals surface area (Å²) in [7, 11) is -1.87. The molecule has 2 aromatic carbocycles. The summed E-state index contributed by atoms with van der Waals surface area (Å²) in [4.78, 5) is 37.8. The smallest absolute Gasteiger partial charge is 0.311 e. The van der Waals surface area contributed by atoms with Crippen molar-refractivity contribution < 1.29 is 37.0 Å². The molecule has 1 atom stereocenters. The molecule has 0 saturated carbocycles. The van der Waals surface area contributed by atoms with Crippen LogP contribution in [0.5, 0.6) is 0 Å². The van der Waals surface area contributed by atoms with Crippen LogP contribution in [-0.2, 0) is 40.7 Å². The second-order valence-electron chi connectivity index (χ2n) is 14.0. The topological polar surface area (TPSA) is 130 Å². The number of ether oxygens (including phenoxy) is 3. The molecule has 1 aromatic heterocycles. The van der Waals surface area contributed by atoms with Crippen LogP contribution in [0.15, 0.2) is 47.4 Å². The molecule has 12 heteroatoms. The Morgan fingerprint density at radius 2 is 1.45 bits per heavy atom. The molecule has 0 radical (unpaired) electrons. The Morgan fingerprint density at radius 1 is 0.894 bits per heavy atom. The van der Waals surface area contributed by atoms with E-state index in [4.69, 9.17) is 25.8 Å². The number of benzene rings is 2. The van der Waals surface area contributed by atoms with Gasteiger partial charge in [0.1, 0.15) is 5.69 Å². The molecule has 0 spiro atoms. The zero-order valence-electron chi connectivity index (χ0n) is 28.7. The third-order valence-corrected chi connectivity index (χ3v) is 9.56. The van der Waals surface area contributed by atoms with Crippen molar-refractivity contribution in [3.8, 4) is 0 Å². The molecule has 0 aliphatic carbocycles. The molecular weight excluding hydrogens is 644 g/mol. The fraction of sp³-hybridized carbons (Fsp3) is 0.514. The van der Waals surface area contributed by atoms with Gasteiger partial charge >= 0.3 is 11.9 Å². The predicted octanol–water partition coefficient (Wildman–Crippen LogP) is 6.22. The SMILES string of the molecule is Cc1cc(Cl)c2cc(C(=O)N[C@H](C)c3ccc(S(=O)(=O)CCOCC(COC(=O)C(C)(C)C)COC(=O)C(C)(C)C)cc3)n(C)c2c1. The van der Waals surface area contributed by atoms with Crippen molar-refractivity contribution >= 4 is 50.2 Å². The number of hydrogen-bond acceptors (Lipinski definition) is 8. The average Bonchev–Trinajstić information content (AvgIpc) is 3.31. The van der Waals surface area contributed by atoms with Crippen molar-refractivity contribution in [2.24, 2.45) is 23.8 Å². The van der Waals surface area contributed by atoms with Crippen LogP contribution in [-0.4, -0.2) is 63.0 Å². The number of fused-ring (bicyclic) bond motifs is 1. The fourth-order valence-corrected chi connectivity index (χ4v) is 6.00. The molecule has 47 heavy (non-hydrogen) atoms. The first-order valence-corrected chi connectivity index (χ1v) is 17.5. The summed E-state index contributed by atoms with van der Waals surface area (Å²) in [6.45, 7) is 14.0. The van der Waals surface area contributed by atoms with Gasteiger partial charge in [0.25, 0.3) is 5.91 Å². The standard InChI is InChI=1S/C35H47ClN2O8S/c1-22-16-28(36)27-18-30(38(9)29(27)17-22)31(39)37-23(2)25-10-12-26(13-11-25)47(42,43)15-14-44-19-24(20-45-32(40)34(3,4)5)21-46-33(41)35(6,7)8/h10-13,16-18,23-24H,14-15,19-21H2,1-9H3,(H,37,39)/t23-/m1/s1. The van der Waals surface area contributed by atoms with E-state index in [1.807, 2.05) is 33.0 Å². The van der Waals surface area contributed by atoms with Gasteiger partial charge in [0.2, 0.25) is 0 Å². The lowest BCUT2D eigenvalue weighted by atomic mass is 9.97. The summed E-state index contributed by atoms with van der Waals surface area (Å²) in [5.74, 6) is -1.84. The third-order valence-electron chi connectivity index (χ3n) is 7.55. The van der Waals surface area contributed by atoms with Crippen LogP contribution in [0, 0.1) is 23.7 Å². The van der Waals surface area contributed by atoms with Gasteiger partial charge in [-0.2, -0.15) is 0 Å². The molecule has 0 fully saturated rings. The van der Waals surface area contributed by atoms with Crippen molar-refractivity contribution in [3.05, 3.63) is 64.3 Å². The number of esters is 2. The van der Waals surface area contributed by atoms with Crippen molar-refractivity contribution in [1.82, 2.24) is 9.88 Å². The second-order valence-corrected chi connectivity index (χ2v) is 16.5. The summed E-state index contributed by atoms with van der Waals surface area (Å²) in [5.41, 5.74) is 1.64. The number of sulfone groups is 1. The number of hydrogen-bond donors (Lipinski definition) is 1. The lowest BCUT2D eigenvalue weighted by Crippen LogP contribution is -2.32. The molecule has 1 heterocycles. The van der Waals surface area contributed by atoms with Crippen LogP contribution in [0.4, 0.5) is 0 Å². The van der Waals surface area contributed by atoms with Crippen LogP contribution in [0.1, 0.15) is 76.1 Å². The Hall–Kier alpha value is -3.41. The minimum atomic E-state index is -3.68. The quantitative estimate of drug-likeness (QED) is 0.165. The Kier molecular flexibility index (Phi) is 12.3. The van der Waals surface area contributed by atoms with Crippen molar-refractivity contribution in [1.29, 1.82) is 0 Å². The van der Waals surface area contributed by atoms with E-state index >= 15 is 0 Å². The number of amides is 1. The molecule has 3 aromatic rings. The van der Waals surface area contributed by atoms with Crippen LogP contribution in [0.2, 0.25) is 5.02 Å². The van der Waals surface area contributed by atoms with E-state index in [2.05, 4.69) is 5.32 Å². The number of aromatic nitrogens is 1. The van der Waals surface area contributed by atoms with E-state index in [9.17, 15) is 22.8 Å². The van der Waals surface area contributed by atoms with E-state index in [1.165, 1.54) is 12.1 Å². The maximum Gasteiger partial charge on any atom is 0.311 e. The summed E-state index contributed by atoms with van der Waals surface area (Å²) in [6.07, 6.45) is 0. The Balaban J connectivity index is 1.57. The zero-order chi connectivity index (χ0) is 35.3. The van der Waals surface area contributed by atoms with Crippen molar-refractivity contribution in [3.63, 3.8) is 0 Å². The number of nitrogens with one attached hydrogen (secondary N) is 1. The molecule has 10 nitrogen and oxygen atoms in total. The highest BCUT2D eigenvalue weighted by Crippen LogP contribution is 2.28. The number of carbonyl (C=O) groups is 3. The van der Waals surface area contributed by atoms with Gasteiger partial charge in [-0.05, 0) is 96.8 Å². The van der Waals surface area contributed by atoms with Gasteiger partial charge in [-0.1, -0.05) is 23.7 Å². The summed E-state index contributed by atoms with van der Waals surface area (Å²) < 4.78 is 44.3. The van der Waals surface area contributed by atoms with E-state index in [0.29, 0.717) is 10.7 Å². The Labute approximate surface area is 283 Å². The number of rotatable bonds is 13. The van der Waals surface area contributed by atoms with Gasteiger partial charge < -0.3 is 24.1 Å². The molecule has 0 unspecified atom stereocenters. The minimum Gasteiger partial charge on any atom is -0.465 e. The summed E-state index contributed by atoms with van der Waals surface area (Å²) in [6, 6.07) is 11.5. The van der Waals surface area contributed by atoms with E-state index in [-0.39, 0.29) is 43.0 Å². The summed E-state index contributed by atoms with van der Waals surface area (Å²) >= 11 is 6.40. The first-order valence-electron chi connectivity index (χ1n) is 15.5. The largest absolute Gasteiger partial charge is 0.465 e. The van der Waals surface area contributed by atoms with Crippen LogP contribution in [0.3, 0.4) is 0 Å². The van der Waals surface area contributed by atoms with Crippen molar-refractivity contribution in [2.75, 3.05) is 32.2 Å². The number of halogens is 1. The Morgan fingerprint density at radius 3 is 1.98 bits per heavy atom. The van der Waals surface area contributed by atoms with Gasteiger partial charge in [0, 0.05) is 12.4 Å². The number of nitrogens with zero attached hydrogens (tertiary/aromatic N) is 1. The first-order chi connectivity index (χ1) is 21.7. The molecule has 0 bridgehead atoms. The lowest BCUT2D eigenvalue weighted by molar-refractivity contribution is -0.160. The van der Waals surface area contributed by atoms with Crippen LogP contribution < -0.4 is 5.32 Å². The molecule has 0 aliphatic heterocycles. The maximum atomic E-state index is 13.1. The highest BCUT2D eigenvalue weighted by Gasteiger charge is 2.27. The second kappa shape index (κ2) is 15.2. The zero-order valence-corrected chi connectivity index (χ0v) is 30.3. The lowest BCUT2D eigenvalue weighted by Gasteiger charge is -2.23. The van der Waals surface area contributed by atoms with Gasteiger partial charge in [-0.25, -0.2) is 8.42 Å². The maximum absolute atomic E-state index is 13.1. The van der Waals surface area contributed by atoms with Gasteiger partial charge in [-0.3, -0.25) is 14.4 Å². The van der Waals surface area contributed by atoms with Gasteiger partial charge in [0.15, 0.2) is 9.84 Å². The molecule has 1 N–H and O–H groups in total. The number of carbonyl (C=O) groups excluding carboxylic acids is 3. The molecule has 0 aliphatic rings. The van der Waals surface area contributed by atoms with Gasteiger partial charge in [-0.15, -0.1) is 0 Å². The van der Waals surface area contributed by atoms with Crippen molar-refractivity contribution in [2.45, 2.75) is 66.3 Å². The average molecular weight is 691 g/mol. The van der Waals surface area contributed by atoms with E-state index in [0.717, 1.165) is 22.0 Å². The van der Waals surface area contributed by atoms with Crippen LogP contribution >= 0.6 is 11.6 Å². The monoisotopic (exact) mass is 690 g/mol. The first kappa shape index (κ1) is 38.0. The predicted molar refractivity (Wildman–Crippen MR) is 182 cm³/mol. The summed E-state index contributed by atoms with van der Waals surface area (Å²) in [5, 5.41) is 4.34. The van der Waals surface area contributed by atoms with E-state index < -0.39 is 44.6 Å². The Bertz CT molecular complexity index is 1670. The molecule has 1 amide bonds. The molecular formula is C35H47ClN2O8S. The normalized spacial score (nSPS) is 13.1. The fourth-order valence-electron chi connectivity index (χ4n) is 4.56. The van der Waals surface area contributed by atoms with Crippen LogP contribution in [0.25, 0.3) is 10.9 Å². The van der Waals surface area contributed by atoms with E-state index in [1.54, 1.807) is 64.3 Å². The highest BCUT2D eigenvalue weighted by molar-refractivity contribution is 7.91. The molecule has 3 rings (SSSR count). The third kappa shape index (κ3) is 10.3. The molecule has 0 saturated heterocycles. The minimum absolute atomic E-state index is 0.0308. The highest BCUT2D eigenvalue weighted by atomic mass is 35.5. The number of aryl methyl sites for hydroxylation is 2. The molecule has 258 valence electrons. The van der Waals surface area contributed by atoms with Gasteiger partial charge in [0.05, 0.1) is 70.4 Å².